The number of ether oxygens (including phenoxy) is 7. The summed E-state index contributed by atoms with van der Waals surface area (Å²) in [5.41, 5.74) is 2.91. The number of benzene rings is 3. The molecule has 3 unspecified atom stereocenters. The van der Waals surface area contributed by atoms with Gasteiger partial charge in [-0.25, -0.2) is 0 Å². The molecule has 0 aromatic heterocycles. The number of fused-ring (bicyclic) bond motifs is 7. The van der Waals surface area contributed by atoms with E-state index in [2.05, 4.69) is 0 Å². The average molecular weight is 561 g/mol. The van der Waals surface area contributed by atoms with Crippen LogP contribution in [0, 0.1) is 6.92 Å². The van der Waals surface area contributed by atoms with Crippen molar-refractivity contribution in [1.82, 2.24) is 0 Å². The number of aromatic hydroxyl groups is 1. The van der Waals surface area contributed by atoms with Crippen molar-refractivity contribution < 1.29 is 43.1 Å². The predicted octanol–water partition coefficient (Wildman–Crippen LogP) is 4.66. The smallest absolute Gasteiger partial charge is 0.271 e. The van der Waals surface area contributed by atoms with E-state index in [1.54, 1.807) is 14.2 Å². The lowest BCUT2D eigenvalue weighted by Gasteiger charge is -2.49. The molecule has 3 aromatic carbocycles. The first-order valence-corrected chi connectivity index (χ1v) is 14.1. The van der Waals surface area contributed by atoms with Crippen LogP contribution in [-0.2, 0) is 36.7 Å². The van der Waals surface area contributed by atoms with Gasteiger partial charge in [0.15, 0.2) is 23.3 Å². The highest BCUT2D eigenvalue weighted by molar-refractivity contribution is 6.11. The number of methoxy groups -OCH3 is 2. The van der Waals surface area contributed by atoms with Crippen LogP contribution in [0.2, 0.25) is 0 Å². The van der Waals surface area contributed by atoms with E-state index in [-0.39, 0.29) is 18.1 Å². The third kappa shape index (κ3) is 3.32. The lowest BCUT2D eigenvalue weighted by atomic mass is 9.78. The van der Waals surface area contributed by atoms with Crippen molar-refractivity contribution in [1.29, 1.82) is 0 Å². The normalized spacial score (nSPS) is 32.5. The Morgan fingerprint density at radius 3 is 2.66 bits per heavy atom. The van der Waals surface area contributed by atoms with Crippen LogP contribution in [0.4, 0.5) is 0 Å². The van der Waals surface area contributed by atoms with Crippen molar-refractivity contribution in [3.63, 3.8) is 0 Å². The van der Waals surface area contributed by atoms with Crippen LogP contribution in [0.5, 0.6) is 17.2 Å². The van der Waals surface area contributed by atoms with Gasteiger partial charge in [-0.05, 0) is 37.0 Å². The number of epoxide rings is 1. The quantitative estimate of drug-likeness (QED) is 0.431. The van der Waals surface area contributed by atoms with Crippen LogP contribution >= 0.6 is 0 Å². The van der Waals surface area contributed by atoms with Gasteiger partial charge in [0.2, 0.25) is 0 Å². The van der Waals surface area contributed by atoms with Crippen LogP contribution in [0.15, 0.2) is 36.4 Å². The van der Waals surface area contributed by atoms with E-state index in [1.165, 1.54) is 0 Å². The van der Waals surface area contributed by atoms with Crippen LogP contribution in [0.25, 0.3) is 10.8 Å². The minimum atomic E-state index is -1.33. The van der Waals surface area contributed by atoms with E-state index in [1.807, 2.05) is 43.3 Å². The Kier molecular flexibility index (Phi) is 5.38. The summed E-state index contributed by atoms with van der Waals surface area (Å²) in [7, 11) is 3.17. The van der Waals surface area contributed by atoms with Crippen molar-refractivity contribution in [3.8, 4) is 17.2 Å². The van der Waals surface area contributed by atoms with Gasteiger partial charge in [-0.1, -0.05) is 30.3 Å². The summed E-state index contributed by atoms with van der Waals surface area (Å²) in [4.78, 5) is 13.1. The van der Waals surface area contributed by atoms with Gasteiger partial charge in [0.05, 0.1) is 31.3 Å². The molecule has 4 aliphatic heterocycles. The molecule has 9 heteroatoms. The fourth-order valence-corrected chi connectivity index (χ4v) is 7.60. The second-order valence-corrected chi connectivity index (χ2v) is 11.8. The molecule has 9 nitrogen and oxygen atoms in total. The second-order valence-electron chi connectivity index (χ2n) is 11.8. The zero-order valence-electron chi connectivity index (χ0n) is 23.3. The molecular weight excluding hydrogens is 528 g/mol. The lowest BCUT2D eigenvalue weighted by Crippen LogP contribution is -2.68. The van der Waals surface area contributed by atoms with E-state index < -0.39 is 29.4 Å². The molecule has 2 bridgehead atoms. The van der Waals surface area contributed by atoms with E-state index in [0.717, 1.165) is 22.3 Å². The van der Waals surface area contributed by atoms with Crippen molar-refractivity contribution >= 4 is 16.6 Å². The summed E-state index contributed by atoms with van der Waals surface area (Å²) < 4.78 is 44.6. The minimum Gasteiger partial charge on any atom is -0.506 e. The summed E-state index contributed by atoms with van der Waals surface area (Å²) in [5, 5.41) is 12.8. The first kappa shape index (κ1) is 25.5. The Morgan fingerprint density at radius 1 is 1.12 bits per heavy atom. The third-order valence-corrected chi connectivity index (χ3v) is 9.43. The monoisotopic (exact) mass is 560 g/mol. The molecular formula is C32H32O9. The number of hydrogen-bond donors (Lipinski definition) is 1. The standard InChI is InChI=1S/C32H32O9/c1-17-12-20-24(25(34)23-19(26(20)35-2)10-7-11-21(23)33)27-22(17)28-29-32(36-3,40-27)30(15-38-30)14-31(39-28,41-29)16-37-13-18-8-5-4-6-9-18/h4-6,8-9,12,28-29,34H,7,10-11,13-16H2,1-3H3/t28?,29?,30-,31?,32+/m0/s1. The van der Waals surface area contributed by atoms with E-state index in [9.17, 15) is 9.90 Å². The van der Waals surface area contributed by atoms with Gasteiger partial charge in [0.1, 0.15) is 30.0 Å². The van der Waals surface area contributed by atoms with Gasteiger partial charge in [0.25, 0.3) is 5.79 Å². The van der Waals surface area contributed by atoms with E-state index >= 15 is 0 Å². The molecule has 1 spiro atoms. The van der Waals surface area contributed by atoms with Crippen LogP contribution in [0.3, 0.4) is 0 Å². The van der Waals surface area contributed by atoms with Crippen LogP contribution < -0.4 is 9.47 Å². The fourth-order valence-electron chi connectivity index (χ4n) is 7.60. The van der Waals surface area contributed by atoms with Gasteiger partial charge in [-0.15, -0.1) is 0 Å². The Bertz CT molecular complexity index is 1600. The van der Waals surface area contributed by atoms with Gasteiger partial charge in [-0.2, -0.15) is 0 Å². The molecule has 0 amide bonds. The highest BCUT2D eigenvalue weighted by atomic mass is 16.8. The zero-order chi connectivity index (χ0) is 28.1. The topological polar surface area (TPSA) is 105 Å². The number of Topliss-reactive ketones (excluding diaryl/α,β-unsaturated/α-hetero) is 1. The first-order chi connectivity index (χ1) is 19.9. The minimum absolute atomic E-state index is 0.0958. The Labute approximate surface area is 237 Å². The number of phenolic OH excluding ortho intramolecular Hbond substituents is 1. The number of ketones is 1. The van der Waals surface area contributed by atoms with Gasteiger partial charge >= 0.3 is 0 Å². The largest absolute Gasteiger partial charge is 0.506 e. The number of carbonyl (C=O) groups is 1. The van der Waals surface area contributed by atoms with Crippen molar-refractivity contribution in [2.24, 2.45) is 0 Å². The molecule has 5 atom stereocenters. The molecule has 0 radical (unpaired) electrons. The van der Waals surface area contributed by atoms with Crippen molar-refractivity contribution in [3.05, 3.63) is 64.2 Å². The predicted molar refractivity (Wildman–Crippen MR) is 145 cm³/mol. The molecule has 4 heterocycles. The van der Waals surface area contributed by atoms with Crippen molar-refractivity contribution in [2.75, 3.05) is 27.4 Å². The molecule has 3 fully saturated rings. The fraction of sp³-hybridized carbons (Fsp3) is 0.469. The van der Waals surface area contributed by atoms with Gasteiger partial charge < -0.3 is 38.3 Å². The molecule has 41 heavy (non-hydrogen) atoms. The summed E-state index contributed by atoms with van der Waals surface area (Å²) in [6.45, 7) is 3.00. The molecule has 0 saturated carbocycles. The highest BCUT2D eigenvalue weighted by Gasteiger charge is 2.81. The highest BCUT2D eigenvalue weighted by Crippen LogP contribution is 2.66. The SMILES string of the molecule is COc1c2c(c(O)c3c4c(c(C)cc13)C1OC3(COCc5ccccc5)C[C@]5(CO5)[C@](OC)(O4)C1O3)C(=O)CCC2. The summed E-state index contributed by atoms with van der Waals surface area (Å²) in [6, 6.07) is 11.9. The summed E-state index contributed by atoms with van der Waals surface area (Å²) in [6.07, 6.45) is 0.862. The molecule has 1 N–H and O–H groups in total. The maximum absolute atomic E-state index is 13.1. The number of phenols is 1. The molecule has 3 saturated heterocycles. The Hall–Kier alpha value is -3.21. The van der Waals surface area contributed by atoms with Crippen molar-refractivity contribution in [2.45, 2.75) is 68.6 Å². The number of rotatable bonds is 6. The van der Waals surface area contributed by atoms with E-state index in [4.69, 9.17) is 33.2 Å². The van der Waals surface area contributed by atoms with Gasteiger partial charge in [0, 0.05) is 36.5 Å². The number of carbonyl (C=O) groups excluding carboxylic acids is 1. The maximum Gasteiger partial charge on any atom is 0.271 e. The second kappa shape index (κ2) is 8.65. The molecule has 214 valence electrons. The Morgan fingerprint density at radius 2 is 1.93 bits per heavy atom. The maximum atomic E-state index is 13.1. The molecule has 3 aromatic rings. The third-order valence-electron chi connectivity index (χ3n) is 9.43. The summed E-state index contributed by atoms with van der Waals surface area (Å²) >= 11 is 0. The Balaban J connectivity index is 1.29. The molecule has 5 aliphatic rings. The lowest BCUT2D eigenvalue weighted by molar-refractivity contribution is -0.332. The molecule has 1 aliphatic carbocycles. The molecule has 8 rings (SSSR count). The summed E-state index contributed by atoms with van der Waals surface area (Å²) in [5.74, 6) is -1.61. The van der Waals surface area contributed by atoms with Crippen LogP contribution in [0.1, 0.15) is 58.0 Å². The zero-order valence-corrected chi connectivity index (χ0v) is 23.3. The average Bonchev–Trinajstić information content (AvgIpc) is 3.65. The first-order valence-electron chi connectivity index (χ1n) is 14.1. The van der Waals surface area contributed by atoms with Crippen LogP contribution in [-0.4, -0.2) is 61.6 Å². The van der Waals surface area contributed by atoms with Gasteiger partial charge in [-0.3, -0.25) is 4.79 Å². The number of hydrogen-bond acceptors (Lipinski definition) is 9. The number of aryl methyl sites for hydroxylation is 1. The van der Waals surface area contributed by atoms with E-state index in [0.29, 0.717) is 66.7 Å².